The maximum Gasteiger partial charge on any atom is 0.461 e. The second-order valence-electron chi connectivity index (χ2n) is 8.73. The third-order valence-electron chi connectivity index (χ3n) is 6.44. The van der Waals surface area contributed by atoms with Crippen LogP contribution in [0.5, 0.6) is 0 Å². The van der Waals surface area contributed by atoms with Crippen molar-refractivity contribution in [1.82, 2.24) is 0 Å². The zero-order chi connectivity index (χ0) is 18.4. The van der Waals surface area contributed by atoms with Gasteiger partial charge in [0.25, 0.3) is 0 Å². The van der Waals surface area contributed by atoms with E-state index in [2.05, 4.69) is 24.3 Å². The molecule has 1 aromatic carbocycles. The number of rotatable bonds is 6. The standard InChI is InChI=1S/C20H30BNO3.ClH/c1-13(18(22)23)17(21-24-19(2,3)20(4,5)25-21)12-15-11-16(15)14-9-7-6-8-10-14;/h6-10,13,15-17H,11-12H2,1-5H3,(H2,22,23);1H/t13?,15-,16+,17+;/m0./s1. The van der Waals surface area contributed by atoms with Gasteiger partial charge in [0.1, 0.15) is 0 Å². The summed E-state index contributed by atoms with van der Waals surface area (Å²) in [5, 5.41) is 0. The molecule has 3 rings (SSSR count). The molecule has 0 aromatic heterocycles. The van der Waals surface area contributed by atoms with Crippen LogP contribution in [0.25, 0.3) is 0 Å². The Morgan fingerprint density at radius 1 is 1.19 bits per heavy atom. The summed E-state index contributed by atoms with van der Waals surface area (Å²) in [7, 11) is -0.385. The molecule has 1 aliphatic carbocycles. The summed E-state index contributed by atoms with van der Waals surface area (Å²) >= 11 is 0. The molecule has 2 aliphatic rings. The molecule has 2 N–H and O–H groups in total. The molecule has 1 heterocycles. The van der Waals surface area contributed by atoms with Crippen LogP contribution in [0.15, 0.2) is 30.3 Å². The predicted molar refractivity (Wildman–Crippen MR) is 107 cm³/mol. The van der Waals surface area contributed by atoms with Crippen molar-refractivity contribution in [1.29, 1.82) is 0 Å². The fourth-order valence-corrected chi connectivity index (χ4v) is 3.79. The second-order valence-corrected chi connectivity index (χ2v) is 8.73. The van der Waals surface area contributed by atoms with E-state index in [9.17, 15) is 4.79 Å². The van der Waals surface area contributed by atoms with Gasteiger partial charge in [-0.15, -0.1) is 12.4 Å². The van der Waals surface area contributed by atoms with Crippen LogP contribution in [0, 0.1) is 11.8 Å². The van der Waals surface area contributed by atoms with Crippen molar-refractivity contribution in [2.24, 2.45) is 17.6 Å². The van der Waals surface area contributed by atoms with Gasteiger partial charge in [0.2, 0.25) is 5.91 Å². The van der Waals surface area contributed by atoms with Crippen molar-refractivity contribution in [2.45, 2.75) is 70.4 Å². The molecule has 0 radical (unpaired) electrons. The normalized spacial score (nSPS) is 28.1. The van der Waals surface area contributed by atoms with Gasteiger partial charge in [-0.05, 0) is 57.9 Å². The van der Waals surface area contributed by atoms with Gasteiger partial charge in [-0.3, -0.25) is 4.79 Å². The van der Waals surface area contributed by atoms with Crippen LogP contribution in [0.2, 0.25) is 5.82 Å². The van der Waals surface area contributed by atoms with Crippen molar-refractivity contribution in [2.75, 3.05) is 0 Å². The second kappa shape index (κ2) is 7.53. The van der Waals surface area contributed by atoms with Crippen LogP contribution in [0.1, 0.15) is 58.9 Å². The molecule has 1 saturated carbocycles. The number of hydrogen-bond acceptors (Lipinski definition) is 3. The lowest BCUT2D eigenvalue weighted by molar-refractivity contribution is -0.121. The minimum Gasteiger partial charge on any atom is -0.403 e. The molecule has 1 aliphatic heterocycles. The zero-order valence-corrected chi connectivity index (χ0v) is 17.2. The minimum absolute atomic E-state index is 0. The lowest BCUT2D eigenvalue weighted by Crippen LogP contribution is -2.41. The number of halogens is 1. The van der Waals surface area contributed by atoms with Crippen molar-refractivity contribution >= 4 is 25.4 Å². The monoisotopic (exact) mass is 379 g/mol. The average Bonchev–Trinajstić information content (AvgIpc) is 3.26. The fourth-order valence-electron chi connectivity index (χ4n) is 3.79. The highest BCUT2D eigenvalue weighted by molar-refractivity contribution is 6.48. The molecule has 0 spiro atoms. The van der Waals surface area contributed by atoms with Crippen LogP contribution >= 0.6 is 12.4 Å². The van der Waals surface area contributed by atoms with E-state index in [0.29, 0.717) is 11.8 Å². The number of hydrogen-bond donors (Lipinski definition) is 1. The SMILES string of the molecule is CC(C(N)=O)[C@@H](C[C@@H]1C[C@@H]1c1ccccc1)B1OC(C)(C)C(C)(C)O1.Cl. The van der Waals surface area contributed by atoms with E-state index >= 15 is 0 Å². The molecule has 144 valence electrons. The van der Waals surface area contributed by atoms with Crippen molar-refractivity contribution < 1.29 is 14.1 Å². The van der Waals surface area contributed by atoms with Crippen LogP contribution in [0.4, 0.5) is 0 Å². The van der Waals surface area contributed by atoms with Crippen LogP contribution < -0.4 is 5.73 Å². The first-order valence-electron chi connectivity index (χ1n) is 9.32. The summed E-state index contributed by atoms with van der Waals surface area (Å²) < 4.78 is 12.5. The molecule has 2 fully saturated rings. The van der Waals surface area contributed by atoms with Gasteiger partial charge < -0.3 is 15.0 Å². The summed E-state index contributed by atoms with van der Waals surface area (Å²) in [6, 6.07) is 10.6. The van der Waals surface area contributed by atoms with E-state index in [-0.39, 0.29) is 37.2 Å². The van der Waals surface area contributed by atoms with Gasteiger partial charge in [0.05, 0.1) is 11.2 Å². The Morgan fingerprint density at radius 2 is 1.73 bits per heavy atom. The number of nitrogens with two attached hydrogens (primary N) is 1. The third kappa shape index (κ3) is 4.10. The van der Waals surface area contributed by atoms with E-state index in [1.54, 1.807) is 0 Å². The van der Waals surface area contributed by atoms with Crippen LogP contribution in [-0.4, -0.2) is 24.2 Å². The number of benzene rings is 1. The Morgan fingerprint density at radius 3 is 2.23 bits per heavy atom. The summed E-state index contributed by atoms with van der Waals surface area (Å²) in [4.78, 5) is 11.9. The summed E-state index contributed by atoms with van der Waals surface area (Å²) in [5.41, 5.74) is 6.23. The van der Waals surface area contributed by atoms with E-state index < -0.39 is 11.2 Å². The summed E-state index contributed by atoms with van der Waals surface area (Å²) in [6.07, 6.45) is 2.06. The van der Waals surface area contributed by atoms with Crippen LogP contribution in [-0.2, 0) is 14.1 Å². The van der Waals surface area contributed by atoms with Crippen molar-refractivity contribution in [3.63, 3.8) is 0 Å². The highest BCUT2D eigenvalue weighted by Gasteiger charge is 2.56. The molecule has 26 heavy (non-hydrogen) atoms. The lowest BCUT2D eigenvalue weighted by Gasteiger charge is -2.32. The molecule has 1 unspecified atom stereocenters. The molecular formula is C20H31BClNO3. The molecule has 6 heteroatoms. The zero-order valence-electron chi connectivity index (χ0n) is 16.4. The van der Waals surface area contributed by atoms with Gasteiger partial charge in [-0.2, -0.15) is 0 Å². The molecule has 1 amide bonds. The number of amides is 1. The maximum atomic E-state index is 11.9. The minimum atomic E-state index is -0.393. The molecule has 1 aromatic rings. The third-order valence-corrected chi connectivity index (χ3v) is 6.44. The van der Waals surface area contributed by atoms with Gasteiger partial charge in [-0.25, -0.2) is 0 Å². The number of carbonyl (C=O) groups excluding carboxylic acids is 1. The highest BCUT2D eigenvalue weighted by Crippen LogP contribution is 2.54. The van der Waals surface area contributed by atoms with E-state index in [4.69, 9.17) is 15.0 Å². The predicted octanol–water partition coefficient (Wildman–Crippen LogP) is 4.19. The first-order valence-corrected chi connectivity index (χ1v) is 9.32. The van der Waals surface area contributed by atoms with Crippen molar-refractivity contribution in [3.8, 4) is 0 Å². The van der Waals surface area contributed by atoms with Gasteiger partial charge in [0, 0.05) is 11.7 Å². The first kappa shape index (κ1) is 21.3. The Balaban J connectivity index is 0.00000243. The van der Waals surface area contributed by atoms with E-state index in [1.807, 2.05) is 40.7 Å². The number of carbonyl (C=O) groups is 1. The molecule has 4 atom stereocenters. The van der Waals surface area contributed by atoms with E-state index in [0.717, 1.165) is 12.8 Å². The lowest BCUT2D eigenvalue weighted by atomic mass is 9.62. The average molecular weight is 380 g/mol. The van der Waals surface area contributed by atoms with Crippen molar-refractivity contribution in [3.05, 3.63) is 35.9 Å². The summed E-state index contributed by atoms with van der Waals surface area (Å²) in [5.74, 6) is 0.569. The van der Waals surface area contributed by atoms with Gasteiger partial charge in [0.15, 0.2) is 0 Å². The summed E-state index contributed by atoms with van der Waals surface area (Å²) in [6.45, 7) is 10.1. The fraction of sp³-hybridized carbons (Fsp3) is 0.650. The Kier molecular flexibility index (Phi) is 6.16. The molecular weight excluding hydrogens is 348 g/mol. The topological polar surface area (TPSA) is 61.6 Å². The van der Waals surface area contributed by atoms with Gasteiger partial charge >= 0.3 is 7.12 Å². The smallest absolute Gasteiger partial charge is 0.403 e. The Bertz CT molecular complexity index is 621. The Hall–Kier alpha value is -1.04. The maximum absolute atomic E-state index is 11.9. The highest BCUT2D eigenvalue weighted by atomic mass is 35.5. The largest absolute Gasteiger partial charge is 0.461 e. The number of primary amides is 1. The van der Waals surface area contributed by atoms with Crippen LogP contribution in [0.3, 0.4) is 0 Å². The molecule has 4 nitrogen and oxygen atoms in total. The quantitative estimate of drug-likeness (QED) is 0.754. The van der Waals surface area contributed by atoms with Gasteiger partial charge in [-0.1, -0.05) is 37.3 Å². The first-order chi connectivity index (χ1) is 11.6. The molecule has 0 bridgehead atoms. The van der Waals surface area contributed by atoms with E-state index in [1.165, 1.54) is 5.56 Å². The Labute approximate surface area is 163 Å². The molecule has 1 saturated heterocycles.